The standard InChI is InChI=1S/C15H30N2O/c1-14(2,3)13(18)8-11-17(6)12-15(16(4)5)9-7-10-15/h7-12H2,1-6H3. The second-order valence-electron chi connectivity index (χ2n) is 7.13. The lowest BCUT2D eigenvalue weighted by Crippen LogP contribution is -2.56. The Kier molecular flexibility index (Phi) is 4.96. The van der Waals surface area contributed by atoms with Crippen molar-refractivity contribution in [3.05, 3.63) is 0 Å². The maximum atomic E-state index is 11.9. The number of hydrogen-bond donors (Lipinski definition) is 0. The fourth-order valence-electron chi connectivity index (χ4n) is 2.58. The molecule has 18 heavy (non-hydrogen) atoms. The van der Waals surface area contributed by atoms with Crippen LogP contribution < -0.4 is 0 Å². The van der Waals surface area contributed by atoms with E-state index in [-0.39, 0.29) is 5.41 Å². The van der Waals surface area contributed by atoms with Gasteiger partial charge in [0.1, 0.15) is 5.78 Å². The van der Waals surface area contributed by atoms with Crippen LogP contribution in [-0.2, 0) is 4.79 Å². The summed E-state index contributed by atoms with van der Waals surface area (Å²) in [7, 11) is 6.49. The summed E-state index contributed by atoms with van der Waals surface area (Å²) >= 11 is 0. The minimum atomic E-state index is -0.198. The first-order chi connectivity index (χ1) is 8.17. The predicted molar refractivity (Wildman–Crippen MR) is 76.8 cm³/mol. The van der Waals surface area contributed by atoms with E-state index in [4.69, 9.17) is 0 Å². The number of carbonyl (C=O) groups excluding carboxylic acids is 1. The topological polar surface area (TPSA) is 23.6 Å². The summed E-state index contributed by atoms with van der Waals surface area (Å²) in [6.45, 7) is 7.97. The van der Waals surface area contributed by atoms with Crippen molar-refractivity contribution in [3.8, 4) is 0 Å². The van der Waals surface area contributed by atoms with E-state index in [1.807, 2.05) is 20.8 Å². The van der Waals surface area contributed by atoms with E-state index in [1.165, 1.54) is 19.3 Å². The largest absolute Gasteiger partial charge is 0.304 e. The highest BCUT2D eigenvalue weighted by atomic mass is 16.1. The highest BCUT2D eigenvalue weighted by molar-refractivity contribution is 5.83. The van der Waals surface area contributed by atoms with Crippen LogP contribution in [-0.4, -0.2) is 55.4 Å². The normalized spacial score (nSPS) is 19.1. The molecule has 1 aliphatic carbocycles. The Morgan fingerprint density at radius 2 is 1.72 bits per heavy atom. The summed E-state index contributed by atoms with van der Waals surface area (Å²) < 4.78 is 0. The van der Waals surface area contributed by atoms with Crippen LogP contribution in [0.1, 0.15) is 46.5 Å². The predicted octanol–water partition coefficient (Wildman–Crippen LogP) is 2.41. The molecule has 0 saturated heterocycles. The summed E-state index contributed by atoms with van der Waals surface area (Å²) in [5.41, 5.74) is 0.163. The van der Waals surface area contributed by atoms with Gasteiger partial charge in [0.15, 0.2) is 0 Å². The smallest absolute Gasteiger partial charge is 0.139 e. The number of Topliss-reactive ketones (excluding diaryl/α,β-unsaturated/α-hetero) is 1. The Morgan fingerprint density at radius 1 is 1.17 bits per heavy atom. The van der Waals surface area contributed by atoms with Gasteiger partial charge >= 0.3 is 0 Å². The molecule has 0 amide bonds. The fourth-order valence-corrected chi connectivity index (χ4v) is 2.58. The second-order valence-corrected chi connectivity index (χ2v) is 7.13. The van der Waals surface area contributed by atoms with E-state index in [9.17, 15) is 4.79 Å². The molecule has 1 saturated carbocycles. The molecule has 0 aromatic heterocycles. The van der Waals surface area contributed by atoms with E-state index >= 15 is 0 Å². The average molecular weight is 254 g/mol. The van der Waals surface area contributed by atoms with Crippen LogP contribution in [0.3, 0.4) is 0 Å². The van der Waals surface area contributed by atoms with Crippen molar-refractivity contribution in [1.82, 2.24) is 9.80 Å². The molecule has 0 spiro atoms. The number of likely N-dealkylation sites (N-methyl/N-ethyl adjacent to an activating group) is 2. The van der Waals surface area contributed by atoms with E-state index < -0.39 is 0 Å². The second kappa shape index (κ2) is 5.70. The fraction of sp³-hybridized carbons (Fsp3) is 0.933. The van der Waals surface area contributed by atoms with Gasteiger partial charge in [0.05, 0.1) is 0 Å². The highest BCUT2D eigenvalue weighted by Crippen LogP contribution is 2.36. The van der Waals surface area contributed by atoms with Gasteiger partial charge in [-0.25, -0.2) is 0 Å². The Labute approximate surface area is 113 Å². The zero-order valence-electron chi connectivity index (χ0n) is 13.0. The maximum absolute atomic E-state index is 11.9. The molecule has 0 atom stereocenters. The molecule has 0 aromatic rings. The molecule has 1 rings (SSSR count). The highest BCUT2D eigenvalue weighted by Gasteiger charge is 2.39. The first kappa shape index (κ1) is 15.6. The summed E-state index contributed by atoms with van der Waals surface area (Å²) in [5.74, 6) is 0.363. The minimum Gasteiger partial charge on any atom is -0.304 e. The number of rotatable bonds is 6. The van der Waals surface area contributed by atoms with Gasteiger partial charge in [-0.05, 0) is 40.4 Å². The van der Waals surface area contributed by atoms with Gasteiger partial charge in [-0.1, -0.05) is 20.8 Å². The van der Waals surface area contributed by atoms with E-state index in [2.05, 4.69) is 30.9 Å². The zero-order valence-corrected chi connectivity index (χ0v) is 13.0. The first-order valence-corrected chi connectivity index (χ1v) is 7.07. The lowest BCUT2D eigenvalue weighted by atomic mass is 9.75. The molecule has 1 fully saturated rings. The maximum Gasteiger partial charge on any atom is 0.139 e. The van der Waals surface area contributed by atoms with Crippen molar-refractivity contribution in [2.24, 2.45) is 5.41 Å². The van der Waals surface area contributed by atoms with E-state index in [0.29, 0.717) is 17.7 Å². The molecular formula is C15H30N2O. The Balaban J connectivity index is 2.38. The van der Waals surface area contributed by atoms with Gasteiger partial charge in [0.2, 0.25) is 0 Å². The van der Waals surface area contributed by atoms with Crippen molar-refractivity contribution in [1.29, 1.82) is 0 Å². The zero-order chi connectivity index (χ0) is 14.0. The molecular weight excluding hydrogens is 224 g/mol. The van der Waals surface area contributed by atoms with Crippen molar-refractivity contribution in [3.63, 3.8) is 0 Å². The molecule has 0 heterocycles. The lowest BCUT2D eigenvalue weighted by molar-refractivity contribution is -0.126. The van der Waals surface area contributed by atoms with Crippen LogP contribution in [0.4, 0.5) is 0 Å². The number of ketones is 1. The molecule has 3 heteroatoms. The van der Waals surface area contributed by atoms with E-state index in [0.717, 1.165) is 13.1 Å². The molecule has 106 valence electrons. The van der Waals surface area contributed by atoms with Crippen molar-refractivity contribution < 1.29 is 4.79 Å². The molecule has 3 nitrogen and oxygen atoms in total. The van der Waals surface area contributed by atoms with Gasteiger partial charge in [-0.15, -0.1) is 0 Å². The van der Waals surface area contributed by atoms with Crippen molar-refractivity contribution in [2.75, 3.05) is 34.2 Å². The molecule has 0 aliphatic heterocycles. The van der Waals surface area contributed by atoms with Gasteiger partial charge in [0.25, 0.3) is 0 Å². The Morgan fingerprint density at radius 3 is 2.06 bits per heavy atom. The SMILES string of the molecule is CN(CCC(=O)C(C)(C)C)CC1(N(C)C)CCC1. The van der Waals surface area contributed by atoms with Gasteiger partial charge in [0, 0.05) is 30.5 Å². The van der Waals surface area contributed by atoms with Crippen molar-refractivity contribution >= 4 is 5.78 Å². The minimum absolute atomic E-state index is 0.198. The summed E-state index contributed by atoms with van der Waals surface area (Å²) in [5, 5.41) is 0. The summed E-state index contributed by atoms with van der Waals surface area (Å²) in [6.07, 6.45) is 4.59. The Hall–Kier alpha value is -0.410. The molecule has 0 unspecified atom stereocenters. The molecule has 0 N–H and O–H groups in total. The molecule has 0 radical (unpaired) electrons. The number of hydrogen-bond acceptors (Lipinski definition) is 3. The number of carbonyl (C=O) groups is 1. The molecule has 0 aromatic carbocycles. The molecule has 1 aliphatic rings. The van der Waals surface area contributed by atoms with Crippen LogP contribution in [0.5, 0.6) is 0 Å². The number of nitrogens with zero attached hydrogens (tertiary/aromatic N) is 2. The Bertz CT molecular complexity index is 287. The van der Waals surface area contributed by atoms with Gasteiger partial charge < -0.3 is 9.80 Å². The van der Waals surface area contributed by atoms with Crippen LogP contribution in [0.25, 0.3) is 0 Å². The quantitative estimate of drug-likeness (QED) is 0.727. The van der Waals surface area contributed by atoms with Crippen LogP contribution in [0.15, 0.2) is 0 Å². The molecule has 0 bridgehead atoms. The van der Waals surface area contributed by atoms with Gasteiger partial charge in [-0.2, -0.15) is 0 Å². The third kappa shape index (κ3) is 3.79. The monoisotopic (exact) mass is 254 g/mol. The third-order valence-corrected chi connectivity index (χ3v) is 4.35. The van der Waals surface area contributed by atoms with Crippen molar-refractivity contribution in [2.45, 2.75) is 52.0 Å². The first-order valence-electron chi connectivity index (χ1n) is 7.07. The lowest BCUT2D eigenvalue weighted by Gasteiger charge is -2.49. The summed E-state index contributed by atoms with van der Waals surface area (Å²) in [6, 6.07) is 0. The average Bonchev–Trinajstić information content (AvgIpc) is 2.17. The third-order valence-electron chi connectivity index (χ3n) is 4.35. The van der Waals surface area contributed by atoms with Crippen LogP contribution in [0, 0.1) is 5.41 Å². The summed E-state index contributed by atoms with van der Waals surface area (Å²) in [4.78, 5) is 16.6. The van der Waals surface area contributed by atoms with Crippen LogP contribution in [0.2, 0.25) is 0 Å². The van der Waals surface area contributed by atoms with Crippen LogP contribution >= 0.6 is 0 Å². The van der Waals surface area contributed by atoms with E-state index in [1.54, 1.807) is 0 Å². The van der Waals surface area contributed by atoms with Gasteiger partial charge in [-0.3, -0.25) is 4.79 Å².